The smallest absolute Gasteiger partial charge is 0.160 e. The molecule has 6 aromatic carbocycles. The zero-order valence-electron chi connectivity index (χ0n) is 33.4. The van der Waals surface area contributed by atoms with Crippen molar-refractivity contribution in [3.63, 3.8) is 0 Å². The molecule has 2 heterocycles. The maximum atomic E-state index is 5.20. The molecule has 0 aliphatic carbocycles. The summed E-state index contributed by atoms with van der Waals surface area (Å²) in [6, 6.07) is 51.4. The highest BCUT2D eigenvalue weighted by Crippen LogP contribution is 2.38. The Labute approximate surface area is 337 Å². The first-order valence-corrected chi connectivity index (χ1v) is 19.7. The molecule has 3 nitrogen and oxygen atoms in total. The molecular weight excluding hydrogens is 691 g/mol. The molecular formula is C54H47N3. The molecule has 0 fully saturated rings. The van der Waals surface area contributed by atoms with E-state index in [0.29, 0.717) is 5.82 Å². The zero-order chi connectivity index (χ0) is 39.7. The monoisotopic (exact) mass is 737 g/mol. The lowest BCUT2D eigenvalue weighted by atomic mass is 9.87. The average molecular weight is 738 g/mol. The van der Waals surface area contributed by atoms with Crippen molar-refractivity contribution in [1.82, 2.24) is 15.0 Å². The zero-order valence-corrected chi connectivity index (χ0v) is 33.4. The summed E-state index contributed by atoms with van der Waals surface area (Å²) in [6.07, 6.45) is 12.2. The van der Waals surface area contributed by atoms with E-state index in [9.17, 15) is 0 Å². The Morgan fingerprint density at radius 1 is 0.579 bits per heavy atom. The highest BCUT2D eigenvalue weighted by Gasteiger charge is 2.15. The van der Waals surface area contributed by atoms with E-state index in [2.05, 4.69) is 184 Å². The standard InChI is InChI=1S/C52H41N3.C2H6/c1-5-14-46(35(4)6-2)45(7-3)43-31-42(32-44(33-43)47-19-13-17-41-34-53-30-29-48(41)47)38-23-27-40(28-24-38)52-54-50-20-12-11-18-49(50)51(55-52)39-25-21-37(22-26-39)36-15-9-8-10-16-36;1-2/h5-34H,2H2,1,3-4H3;1-2H3/b14-5-,45-7-,46-35+;. The van der Waals surface area contributed by atoms with Gasteiger partial charge in [-0.3, -0.25) is 4.98 Å². The van der Waals surface area contributed by atoms with Gasteiger partial charge in [0.05, 0.1) is 11.2 Å². The van der Waals surface area contributed by atoms with E-state index >= 15 is 0 Å². The third-order valence-corrected chi connectivity index (χ3v) is 10.2. The summed E-state index contributed by atoms with van der Waals surface area (Å²) in [4.78, 5) is 14.6. The summed E-state index contributed by atoms with van der Waals surface area (Å²) in [5.74, 6) is 0.698. The molecule has 0 spiro atoms. The van der Waals surface area contributed by atoms with Gasteiger partial charge in [-0.15, -0.1) is 0 Å². The van der Waals surface area contributed by atoms with E-state index in [1.54, 1.807) is 0 Å². The number of aromatic nitrogens is 3. The number of nitrogens with zero attached hydrogens (tertiary/aromatic N) is 3. The minimum Gasteiger partial charge on any atom is -0.264 e. The Kier molecular flexibility index (Phi) is 11.9. The second-order valence-electron chi connectivity index (χ2n) is 13.6. The van der Waals surface area contributed by atoms with Crippen molar-refractivity contribution >= 4 is 27.2 Å². The Morgan fingerprint density at radius 2 is 1.23 bits per heavy atom. The van der Waals surface area contributed by atoms with E-state index in [4.69, 9.17) is 9.97 Å². The first-order chi connectivity index (χ1) is 28.0. The third-order valence-electron chi connectivity index (χ3n) is 10.2. The van der Waals surface area contributed by atoms with Crippen LogP contribution in [-0.2, 0) is 0 Å². The molecule has 0 N–H and O–H groups in total. The fourth-order valence-corrected chi connectivity index (χ4v) is 7.36. The Bertz CT molecular complexity index is 2760. The maximum absolute atomic E-state index is 5.20. The van der Waals surface area contributed by atoms with Crippen molar-refractivity contribution in [3.8, 4) is 56.0 Å². The van der Waals surface area contributed by atoms with Crippen molar-refractivity contribution in [2.24, 2.45) is 0 Å². The van der Waals surface area contributed by atoms with Crippen molar-refractivity contribution < 1.29 is 0 Å². The van der Waals surface area contributed by atoms with Crippen LogP contribution in [0.15, 0.2) is 200 Å². The van der Waals surface area contributed by atoms with Crippen LogP contribution in [0.1, 0.15) is 40.2 Å². The molecule has 0 aliphatic rings. The van der Waals surface area contributed by atoms with Crippen molar-refractivity contribution in [3.05, 3.63) is 206 Å². The largest absolute Gasteiger partial charge is 0.264 e. The molecule has 2 aromatic heterocycles. The van der Waals surface area contributed by atoms with E-state index in [-0.39, 0.29) is 0 Å². The molecule has 0 atom stereocenters. The summed E-state index contributed by atoms with van der Waals surface area (Å²) in [6.45, 7) is 14.4. The molecule has 0 radical (unpaired) electrons. The van der Waals surface area contributed by atoms with Gasteiger partial charge in [-0.1, -0.05) is 160 Å². The van der Waals surface area contributed by atoms with E-state index in [1.165, 1.54) is 22.1 Å². The van der Waals surface area contributed by atoms with Gasteiger partial charge in [-0.25, -0.2) is 9.97 Å². The number of para-hydroxylation sites is 1. The lowest BCUT2D eigenvalue weighted by Crippen LogP contribution is -1.96. The fourth-order valence-electron chi connectivity index (χ4n) is 7.36. The van der Waals surface area contributed by atoms with Crippen LogP contribution in [0, 0.1) is 0 Å². The highest BCUT2D eigenvalue weighted by atomic mass is 14.9. The molecule has 0 saturated heterocycles. The Morgan fingerprint density at radius 3 is 1.95 bits per heavy atom. The number of fused-ring (bicyclic) bond motifs is 2. The quantitative estimate of drug-likeness (QED) is 0.138. The lowest BCUT2D eigenvalue weighted by Gasteiger charge is -2.17. The molecule has 0 saturated carbocycles. The number of allylic oxidation sites excluding steroid dienone is 7. The second kappa shape index (κ2) is 17.7. The topological polar surface area (TPSA) is 38.7 Å². The minimum atomic E-state index is 0.698. The van der Waals surface area contributed by atoms with Gasteiger partial charge in [0.2, 0.25) is 0 Å². The average Bonchev–Trinajstić information content (AvgIpc) is 3.29. The number of hydrogen-bond acceptors (Lipinski definition) is 3. The molecule has 0 bridgehead atoms. The maximum Gasteiger partial charge on any atom is 0.160 e. The predicted octanol–water partition coefficient (Wildman–Crippen LogP) is 15.0. The van der Waals surface area contributed by atoms with E-state index in [0.717, 1.165) is 72.1 Å². The summed E-state index contributed by atoms with van der Waals surface area (Å²) >= 11 is 0. The molecule has 0 aliphatic heterocycles. The molecule has 57 heavy (non-hydrogen) atoms. The third kappa shape index (κ3) is 8.06. The summed E-state index contributed by atoms with van der Waals surface area (Å²) in [7, 11) is 0. The first kappa shape index (κ1) is 38.3. The minimum absolute atomic E-state index is 0.698. The van der Waals surface area contributed by atoms with Crippen molar-refractivity contribution in [2.75, 3.05) is 0 Å². The van der Waals surface area contributed by atoms with Gasteiger partial charge in [0.25, 0.3) is 0 Å². The second-order valence-corrected chi connectivity index (χ2v) is 13.6. The van der Waals surface area contributed by atoms with Gasteiger partial charge in [0.1, 0.15) is 0 Å². The van der Waals surface area contributed by atoms with Crippen LogP contribution >= 0.6 is 0 Å². The Balaban J connectivity index is 0.00000244. The van der Waals surface area contributed by atoms with Gasteiger partial charge in [-0.2, -0.15) is 0 Å². The molecule has 0 unspecified atom stereocenters. The normalized spacial score (nSPS) is 12.0. The molecule has 8 aromatic rings. The summed E-state index contributed by atoms with van der Waals surface area (Å²) < 4.78 is 0. The van der Waals surface area contributed by atoms with Crippen LogP contribution in [-0.4, -0.2) is 15.0 Å². The molecule has 0 amide bonds. The van der Waals surface area contributed by atoms with Gasteiger partial charge in [0.15, 0.2) is 5.82 Å². The van der Waals surface area contributed by atoms with Gasteiger partial charge in [0, 0.05) is 34.3 Å². The van der Waals surface area contributed by atoms with E-state index in [1.807, 2.05) is 44.4 Å². The molecule has 8 rings (SSSR count). The Hall–Kier alpha value is -6.97. The first-order valence-electron chi connectivity index (χ1n) is 19.7. The van der Waals surface area contributed by atoms with Crippen LogP contribution in [0.25, 0.3) is 83.3 Å². The number of benzene rings is 6. The number of hydrogen-bond donors (Lipinski definition) is 0. The van der Waals surface area contributed by atoms with E-state index < -0.39 is 0 Å². The van der Waals surface area contributed by atoms with Gasteiger partial charge in [-0.05, 0) is 112 Å². The van der Waals surface area contributed by atoms with Crippen LogP contribution in [0.2, 0.25) is 0 Å². The summed E-state index contributed by atoms with van der Waals surface area (Å²) in [5.41, 5.74) is 15.3. The van der Waals surface area contributed by atoms with Crippen LogP contribution in [0.5, 0.6) is 0 Å². The van der Waals surface area contributed by atoms with Crippen molar-refractivity contribution in [1.29, 1.82) is 0 Å². The highest BCUT2D eigenvalue weighted by molar-refractivity contribution is 5.98. The predicted molar refractivity (Wildman–Crippen MR) is 245 cm³/mol. The van der Waals surface area contributed by atoms with Crippen LogP contribution in [0.3, 0.4) is 0 Å². The van der Waals surface area contributed by atoms with Crippen molar-refractivity contribution in [2.45, 2.75) is 34.6 Å². The lowest BCUT2D eigenvalue weighted by molar-refractivity contribution is 1.23. The van der Waals surface area contributed by atoms with Crippen LogP contribution < -0.4 is 0 Å². The van der Waals surface area contributed by atoms with Gasteiger partial charge < -0.3 is 0 Å². The van der Waals surface area contributed by atoms with Gasteiger partial charge >= 0.3 is 0 Å². The molecule has 278 valence electrons. The summed E-state index contributed by atoms with van der Waals surface area (Å²) in [5, 5.41) is 3.31. The number of pyridine rings is 1. The van der Waals surface area contributed by atoms with Crippen LogP contribution in [0.4, 0.5) is 0 Å². The molecule has 3 heteroatoms. The number of rotatable bonds is 9. The SMILES string of the molecule is C=C/C(C)=C(\C=C/C)C(=C\C)/c1cc(-c2ccc(-c3nc(-c4ccc(-c5ccccc5)cc4)c4ccccc4n3)cc2)cc(-c2cccc3cnccc23)c1.CC. The fraction of sp³-hybridized carbons (Fsp3) is 0.0926.